The number of rotatable bonds is 7. The maximum atomic E-state index is 12.3. The first-order valence-corrected chi connectivity index (χ1v) is 9.57. The quantitative estimate of drug-likeness (QED) is 0.749. The minimum Gasteiger partial charge on any atom is -0.396 e. The van der Waals surface area contributed by atoms with Crippen LogP contribution in [0.1, 0.15) is 50.7 Å². The maximum absolute atomic E-state index is 12.3. The average molecular weight is 332 g/mol. The van der Waals surface area contributed by atoms with Crippen LogP contribution in [0.4, 0.5) is 10.7 Å². The number of hydrogen-bond donors (Lipinski definition) is 2. The highest BCUT2D eigenvalue weighted by molar-refractivity contribution is 7.92. The summed E-state index contributed by atoms with van der Waals surface area (Å²) in [6.07, 6.45) is 0.301. The van der Waals surface area contributed by atoms with Crippen molar-refractivity contribution in [2.24, 2.45) is 5.92 Å². The highest BCUT2D eigenvalue weighted by atomic mass is 32.2. The second-order valence-corrected chi connectivity index (χ2v) is 8.60. The predicted molar refractivity (Wildman–Crippen MR) is 89.0 cm³/mol. The Hall–Kier alpha value is -1.08. The van der Waals surface area contributed by atoms with Crippen LogP contribution in [0.2, 0.25) is 0 Å². The van der Waals surface area contributed by atoms with E-state index in [-0.39, 0.29) is 28.2 Å². The minimum atomic E-state index is -3.48. The third-order valence-electron chi connectivity index (χ3n) is 3.52. The fourth-order valence-electron chi connectivity index (χ4n) is 1.72. The molecule has 1 atom stereocenters. The predicted octanol–water partition coefficient (Wildman–Crippen LogP) is 3.17. The SMILES string of the molecule is CCC(=O)c1sc(NC(C)C(C)C)c(S(=O)(=O)CC)c1N. The van der Waals surface area contributed by atoms with Crippen molar-refractivity contribution in [2.45, 2.75) is 52.0 Å². The van der Waals surface area contributed by atoms with Crippen LogP contribution < -0.4 is 11.1 Å². The molecule has 1 aromatic rings. The molecule has 0 saturated carbocycles. The number of nitrogen functional groups attached to an aromatic ring is 1. The van der Waals surface area contributed by atoms with Gasteiger partial charge in [0, 0.05) is 12.5 Å². The van der Waals surface area contributed by atoms with Gasteiger partial charge in [-0.3, -0.25) is 4.79 Å². The Labute approximate surface area is 130 Å². The third kappa shape index (κ3) is 3.77. The molecular weight excluding hydrogens is 308 g/mol. The first-order chi connectivity index (χ1) is 9.65. The number of thiophene rings is 1. The summed E-state index contributed by atoms with van der Waals surface area (Å²) >= 11 is 1.14. The molecule has 1 rings (SSSR count). The molecule has 0 aliphatic heterocycles. The highest BCUT2D eigenvalue weighted by Gasteiger charge is 2.29. The Morgan fingerprint density at radius 2 is 1.86 bits per heavy atom. The lowest BCUT2D eigenvalue weighted by Crippen LogP contribution is -2.22. The van der Waals surface area contributed by atoms with Gasteiger partial charge in [0.2, 0.25) is 0 Å². The lowest BCUT2D eigenvalue weighted by Gasteiger charge is -2.18. The van der Waals surface area contributed by atoms with E-state index in [1.807, 2.05) is 20.8 Å². The second kappa shape index (κ2) is 6.79. The van der Waals surface area contributed by atoms with Gasteiger partial charge in [-0.05, 0) is 12.8 Å². The molecule has 5 nitrogen and oxygen atoms in total. The van der Waals surface area contributed by atoms with E-state index in [4.69, 9.17) is 5.73 Å². The van der Waals surface area contributed by atoms with Crippen LogP contribution in [0, 0.1) is 5.92 Å². The first kappa shape index (κ1) is 18.0. The van der Waals surface area contributed by atoms with E-state index in [1.165, 1.54) is 0 Å². The first-order valence-electron chi connectivity index (χ1n) is 7.10. The van der Waals surface area contributed by atoms with Gasteiger partial charge < -0.3 is 11.1 Å². The lowest BCUT2D eigenvalue weighted by molar-refractivity contribution is 0.0992. The summed E-state index contributed by atoms with van der Waals surface area (Å²) in [5.74, 6) is 0.157. The maximum Gasteiger partial charge on any atom is 0.183 e. The summed E-state index contributed by atoms with van der Waals surface area (Å²) in [4.78, 5) is 12.4. The van der Waals surface area contributed by atoms with Gasteiger partial charge in [0.15, 0.2) is 15.6 Å². The summed E-state index contributed by atoms with van der Waals surface area (Å²) in [6.45, 7) is 9.37. The Morgan fingerprint density at radius 1 is 1.29 bits per heavy atom. The topological polar surface area (TPSA) is 89.3 Å². The zero-order valence-corrected chi connectivity index (χ0v) is 14.8. The largest absolute Gasteiger partial charge is 0.396 e. The van der Waals surface area contributed by atoms with Gasteiger partial charge >= 0.3 is 0 Å². The van der Waals surface area contributed by atoms with E-state index in [0.29, 0.717) is 22.2 Å². The molecule has 120 valence electrons. The number of carbonyl (C=O) groups is 1. The molecule has 0 aliphatic carbocycles. The number of sulfone groups is 1. The molecule has 0 bridgehead atoms. The summed E-state index contributed by atoms with van der Waals surface area (Å²) < 4.78 is 24.6. The van der Waals surface area contributed by atoms with Crippen molar-refractivity contribution in [2.75, 3.05) is 16.8 Å². The molecule has 1 heterocycles. The van der Waals surface area contributed by atoms with Crippen LogP contribution in [0.25, 0.3) is 0 Å². The standard InChI is InChI=1S/C14H24N2O3S2/c1-6-10(17)12-11(15)13(21(18,19)7-2)14(20-12)16-9(5)8(3)4/h8-9,16H,6-7,15H2,1-5H3. The Bertz CT molecular complexity index is 618. The van der Waals surface area contributed by atoms with E-state index in [0.717, 1.165) is 11.3 Å². The number of carbonyl (C=O) groups excluding carboxylic acids is 1. The molecule has 0 aliphatic rings. The van der Waals surface area contributed by atoms with E-state index >= 15 is 0 Å². The zero-order chi connectivity index (χ0) is 16.4. The fourth-order valence-corrected chi connectivity index (χ4v) is 4.48. The molecule has 1 aromatic heterocycles. The summed E-state index contributed by atoms with van der Waals surface area (Å²) in [5.41, 5.74) is 6.05. The van der Waals surface area contributed by atoms with Crippen molar-refractivity contribution < 1.29 is 13.2 Å². The van der Waals surface area contributed by atoms with Gasteiger partial charge in [0.05, 0.1) is 16.3 Å². The Balaban J connectivity index is 3.44. The van der Waals surface area contributed by atoms with Gasteiger partial charge in [-0.25, -0.2) is 8.42 Å². The monoisotopic (exact) mass is 332 g/mol. The number of nitrogens with one attached hydrogen (secondary N) is 1. The number of hydrogen-bond acceptors (Lipinski definition) is 6. The van der Waals surface area contributed by atoms with Crippen molar-refractivity contribution >= 4 is 37.6 Å². The average Bonchev–Trinajstić information content (AvgIpc) is 2.75. The molecule has 0 amide bonds. The normalized spacial score (nSPS) is 13.4. The molecule has 7 heteroatoms. The van der Waals surface area contributed by atoms with E-state index in [9.17, 15) is 13.2 Å². The zero-order valence-electron chi connectivity index (χ0n) is 13.2. The van der Waals surface area contributed by atoms with Crippen LogP contribution in [0.15, 0.2) is 4.90 Å². The van der Waals surface area contributed by atoms with Crippen LogP contribution in [-0.2, 0) is 9.84 Å². The summed E-state index contributed by atoms with van der Waals surface area (Å²) in [6, 6.07) is 0.0819. The molecule has 21 heavy (non-hydrogen) atoms. The van der Waals surface area contributed by atoms with Crippen molar-refractivity contribution in [1.82, 2.24) is 0 Å². The van der Waals surface area contributed by atoms with Crippen LogP contribution in [-0.4, -0.2) is 26.0 Å². The van der Waals surface area contributed by atoms with Crippen molar-refractivity contribution in [3.05, 3.63) is 4.88 Å². The van der Waals surface area contributed by atoms with Gasteiger partial charge in [-0.2, -0.15) is 0 Å². The Kier molecular flexibility index (Phi) is 5.81. The molecule has 3 N–H and O–H groups in total. The van der Waals surface area contributed by atoms with Crippen LogP contribution in [0.5, 0.6) is 0 Å². The van der Waals surface area contributed by atoms with Crippen molar-refractivity contribution in [1.29, 1.82) is 0 Å². The van der Waals surface area contributed by atoms with Gasteiger partial charge in [-0.15, -0.1) is 11.3 Å². The van der Waals surface area contributed by atoms with Crippen LogP contribution in [0.3, 0.4) is 0 Å². The van der Waals surface area contributed by atoms with E-state index in [1.54, 1.807) is 13.8 Å². The summed E-state index contributed by atoms with van der Waals surface area (Å²) in [5, 5.41) is 3.68. The molecule has 0 saturated heterocycles. The van der Waals surface area contributed by atoms with E-state index in [2.05, 4.69) is 5.32 Å². The molecule has 0 spiro atoms. The number of anilines is 2. The van der Waals surface area contributed by atoms with Gasteiger partial charge in [0.1, 0.15) is 9.90 Å². The fraction of sp³-hybridized carbons (Fsp3) is 0.643. The second-order valence-electron chi connectivity index (χ2n) is 5.36. The lowest BCUT2D eigenvalue weighted by atomic mass is 10.1. The highest BCUT2D eigenvalue weighted by Crippen LogP contribution is 2.41. The molecule has 1 unspecified atom stereocenters. The number of nitrogens with two attached hydrogens (primary N) is 1. The minimum absolute atomic E-state index is 0.0432. The number of ketones is 1. The Morgan fingerprint density at radius 3 is 2.29 bits per heavy atom. The van der Waals surface area contributed by atoms with Gasteiger partial charge in [0.25, 0.3) is 0 Å². The molecule has 0 aromatic carbocycles. The van der Waals surface area contributed by atoms with Crippen molar-refractivity contribution in [3.63, 3.8) is 0 Å². The molecule has 0 fully saturated rings. The smallest absolute Gasteiger partial charge is 0.183 e. The third-order valence-corrected chi connectivity index (χ3v) is 6.64. The van der Waals surface area contributed by atoms with Crippen LogP contribution >= 0.6 is 11.3 Å². The van der Waals surface area contributed by atoms with Gasteiger partial charge in [-0.1, -0.05) is 27.7 Å². The summed E-state index contributed by atoms with van der Waals surface area (Å²) in [7, 11) is -3.48. The molecule has 0 radical (unpaired) electrons. The molecular formula is C14H24N2O3S2. The van der Waals surface area contributed by atoms with Crippen molar-refractivity contribution in [3.8, 4) is 0 Å². The number of Topliss-reactive ketones (excluding diaryl/α,β-unsaturated/α-hetero) is 1. The van der Waals surface area contributed by atoms with E-state index < -0.39 is 9.84 Å².